The fraction of sp³-hybridized carbons (Fsp3) is 0.500. The van der Waals surface area contributed by atoms with Crippen molar-refractivity contribution in [2.24, 2.45) is 10.7 Å². The maximum atomic E-state index is 14.5. The van der Waals surface area contributed by atoms with E-state index in [1.807, 2.05) is 0 Å². The molecule has 1 aromatic rings. The molecule has 0 fully saturated rings. The first-order valence-corrected chi connectivity index (χ1v) is 10.2. The Morgan fingerprint density at radius 3 is 2.36 bits per heavy atom. The van der Waals surface area contributed by atoms with E-state index in [2.05, 4.69) is 10.9 Å². The van der Waals surface area contributed by atoms with E-state index in [0.29, 0.717) is 6.07 Å². The van der Waals surface area contributed by atoms with E-state index in [0.717, 1.165) is 6.07 Å². The highest BCUT2D eigenvalue weighted by atomic mass is 32.2. The first-order chi connectivity index (χ1) is 12.5. The Morgan fingerprint density at radius 2 is 1.86 bits per heavy atom. The summed E-state index contributed by atoms with van der Waals surface area (Å²) >= 11 is 0. The number of hydrogen-bond acceptors (Lipinski definition) is 4. The van der Waals surface area contributed by atoms with Crippen molar-refractivity contribution in [3.63, 3.8) is 0 Å². The summed E-state index contributed by atoms with van der Waals surface area (Å²) in [7, 11) is -2.92. The Kier molecular flexibility index (Phi) is 5.44. The summed E-state index contributed by atoms with van der Waals surface area (Å²) in [4.78, 5) is 15.8. The fourth-order valence-corrected chi connectivity index (χ4v) is 4.96. The van der Waals surface area contributed by atoms with Crippen molar-refractivity contribution in [3.05, 3.63) is 34.9 Å². The lowest BCUT2D eigenvalue weighted by Gasteiger charge is -2.41. The molecule has 2 rings (SSSR count). The Balaban J connectivity index is 2.53. The van der Waals surface area contributed by atoms with E-state index >= 15 is 0 Å². The van der Waals surface area contributed by atoms with Crippen LogP contribution in [0.4, 0.5) is 22.0 Å². The minimum atomic E-state index is -4.70. The number of halogens is 5. The normalized spacial score (nSPS) is 27.4. The van der Waals surface area contributed by atoms with E-state index in [1.54, 1.807) is 13.8 Å². The van der Waals surface area contributed by atoms with Gasteiger partial charge in [-0.1, -0.05) is 0 Å². The first kappa shape index (κ1) is 22.3. The predicted octanol–water partition coefficient (Wildman–Crippen LogP) is 3.11. The number of carbonyl (C=O) groups is 1. The number of hydrogen-bond donors (Lipinski definition) is 1. The number of amidine groups is 1. The standard InChI is InChI=1S/C18H21F5N2O2S/c1-16(2)15(24)25-17(3,9-28(16,4)27)12-6-10(7-13(19)14(12)20)5-11(26)8-18(21,22)23/h6-7H,4-5,8-9H2,1-3H3,(H2,24,25)/t17-,28?/m0/s1. The number of benzene rings is 1. The number of alkyl halides is 3. The Bertz CT molecular complexity index is 951. The van der Waals surface area contributed by atoms with Gasteiger partial charge in [-0.15, -0.1) is 0 Å². The van der Waals surface area contributed by atoms with Crippen molar-refractivity contribution in [2.45, 2.75) is 50.1 Å². The maximum absolute atomic E-state index is 14.5. The molecule has 0 saturated heterocycles. The van der Waals surface area contributed by atoms with Crippen LogP contribution in [0.15, 0.2) is 17.1 Å². The smallest absolute Gasteiger partial charge is 0.386 e. The molecule has 0 bridgehead atoms. The highest BCUT2D eigenvalue weighted by Crippen LogP contribution is 2.38. The highest BCUT2D eigenvalue weighted by Gasteiger charge is 2.46. The van der Waals surface area contributed by atoms with E-state index in [9.17, 15) is 31.0 Å². The van der Waals surface area contributed by atoms with Gasteiger partial charge in [-0.2, -0.15) is 13.2 Å². The van der Waals surface area contributed by atoms with Crippen LogP contribution >= 0.6 is 0 Å². The van der Waals surface area contributed by atoms with E-state index in [1.165, 1.54) is 6.92 Å². The third kappa shape index (κ3) is 4.21. The molecule has 0 aromatic heterocycles. The Labute approximate surface area is 160 Å². The lowest BCUT2D eigenvalue weighted by Crippen LogP contribution is -2.54. The second-order valence-corrected chi connectivity index (χ2v) is 10.6. The summed E-state index contributed by atoms with van der Waals surface area (Å²) in [6.45, 7) is 4.53. The van der Waals surface area contributed by atoms with Crippen LogP contribution in [-0.4, -0.2) is 38.4 Å². The van der Waals surface area contributed by atoms with Crippen LogP contribution in [0.25, 0.3) is 0 Å². The summed E-state index contributed by atoms with van der Waals surface area (Å²) < 4.78 is 77.7. The van der Waals surface area contributed by atoms with Crippen molar-refractivity contribution < 1.29 is 31.0 Å². The average molecular weight is 424 g/mol. The molecule has 10 heteroatoms. The molecule has 1 heterocycles. The number of rotatable bonds is 4. The van der Waals surface area contributed by atoms with Crippen LogP contribution in [0.3, 0.4) is 0 Å². The van der Waals surface area contributed by atoms with E-state index in [-0.39, 0.29) is 22.7 Å². The van der Waals surface area contributed by atoms with Gasteiger partial charge in [-0.05, 0) is 53.9 Å². The molecule has 2 atom stereocenters. The molecule has 1 unspecified atom stereocenters. The molecule has 0 spiro atoms. The highest BCUT2D eigenvalue weighted by molar-refractivity contribution is 8.02. The second kappa shape index (κ2) is 6.82. The molecule has 28 heavy (non-hydrogen) atoms. The van der Waals surface area contributed by atoms with Crippen molar-refractivity contribution >= 4 is 27.0 Å². The molecular weight excluding hydrogens is 403 g/mol. The number of carbonyl (C=O) groups excluding carboxylic acids is 1. The topological polar surface area (TPSA) is 72.5 Å². The third-order valence-electron chi connectivity index (χ3n) is 4.90. The lowest BCUT2D eigenvalue weighted by molar-refractivity contribution is -0.151. The molecule has 1 aliphatic rings. The molecule has 0 radical (unpaired) electrons. The van der Waals surface area contributed by atoms with Gasteiger partial charge in [0.05, 0.1) is 10.3 Å². The number of nitrogens with zero attached hydrogens (tertiary/aromatic N) is 1. The Hall–Kier alpha value is -1.97. The quantitative estimate of drug-likeness (QED) is 0.596. The Morgan fingerprint density at radius 1 is 1.29 bits per heavy atom. The SMILES string of the molecule is C=S1(=O)C[C@@](C)(c2cc(CC(=O)CC(F)(F)F)cc(F)c2F)N=C(N)C1(C)C. The minimum Gasteiger partial charge on any atom is -0.386 e. The minimum absolute atomic E-state index is 0.0559. The van der Waals surface area contributed by atoms with E-state index < -0.39 is 56.2 Å². The number of Topliss-reactive ketones (excluding diaryl/α,β-unsaturated/α-hetero) is 1. The number of ketones is 1. The van der Waals surface area contributed by atoms with Crippen LogP contribution in [0.5, 0.6) is 0 Å². The maximum Gasteiger partial charge on any atom is 0.395 e. The number of nitrogens with two attached hydrogens (primary N) is 1. The van der Waals surface area contributed by atoms with Crippen LogP contribution < -0.4 is 5.73 Å². The zero-order valence-electron chi connectivity index (χ0n) is 15.6. The van der Waals surface area contributed by atoms with Gasteiger partial charge in [0, 0.05) is 17.7 Å². The van der Waals surface area contributed by atoms with Crippen LogP contribution in [0, 0.1) is 11.6 Å². The van der Waals surface area contributed by atoms with Gasteiger partial charge in [0.25, 0.3) is 0 Å². The molecule has 0 saturated carbocycles. The van der Waals surface area contributed by atoms with Gasteiger partial charge in [0.2, 0.25) is 0 Å². The van der Waals surface area contributed by atoms with Crippen LogP contribution in [0.1, 0.15) is 38.3 Å². The summed E-state index contributed by atoms with van der Waals surface area (Å²) in [5.41, 5.74) is 3.89. The molecule has 156 valence electrons. The van der Waals surface area contributed by atoms with Gasteiger partial charge in [0.1, 0.15) is 18.0 Å². The van der Waals surface area contributed by atoms with Gasteiger partial charge in [-0.25, -0.2) is 8.78 Å². The first-order valence-electron chi connectivity index (χ1n) is 8.26. The van der Waals surface area contributed by atoms with Crippen molar-refractivity contribution in [1.82, 2.24) is 0 Å². The van der Waals surface area contributed by atoms with Crippen LogP contribution in [0.2, 0.25) is 0 Å². The zero-order chi connectivity index (χ0) is 21.7. The molecule has 0 aliphatic carbocycles. The van der Waals surface area contributed by atoms with Gasteiger partial charge in [0.15, 0.2) is 11.6 Å². The van der Waals surface area contributed by atoms with E-state index in [4.69, 9.17) is 5.73 Å². The largest absolute Gasteiger partial charge is 0.395 e. The average Bonchev–Trinajstić information content (AvgIpc) is 2.46. The summed E-state index contributed by atoms with van der Waals surface area (Å²) in [6, 6.07) is 1.73. The van der Waals surface area contributed by atoms with Crippen molar-refractivity contribution in [3.8, 4) is 0 Å². The lowest BCUT2D eigenvalue weighted by atomic mass is 9.90. The zero-order valence-corrected chi connectivity index (χ0v) is 16.4. The van der Waals surface area contributed by atoms with Crippen LogP contribution in [-0.2, 0) is 26.3 Å². The molecule has 0 amide bonds. The summed E-state index contributed by atoms with van der Waals surface area (Å²) in [5.74, 6) is -0.440. The molecular formula is C18H21F5N2O2S. The predicted molar refractivity (Wildman–Crippen MR) is 98.9 cm³/mol. The molecule has 1 aromatic carbocycles. The van der Waals surface area contributed by atoms with Crippen molar-refractivity contribution in [2.75, 3.05) is 5.75 Å². The molecule has 1 aliphatic heterocycles. The monoisotopic (exact) mass is 424 g/mol. The second-order valence-electron chi connectivity index (χ2n) is 7.68. The third-order valence-corrected chi connectivity index (χ3v) is 7.99. The summed E-state index contributed by atoms with van der Waals surface area (Å²) in [6.07, 6.45) is -7.10. The molecule has 2 N–H and O–H groups in total. The summed E-state index contributed by atoms with van der Waals surface area (Å²) in [5, 5.41) is 0. The number of aliphatic imine (C=N–C) groups is 1. The van der Waals surface area contributed by atoms with Gasteiger partial charge < -0.3 is 5.73 Å². The molecule has 4 nitrogen and oxygen atoms in total. The van der Waals surface area contributed by atoms with Gasteiger partial charge in [-0.3, -0.25) is 14.0 Å². The fourth-order valence-electron chi connectivity index (χ4n) is 3.05. The van der Waals surface area contributed by atoms with Gasteiger partial charge >= 0.3 is 6.18 Å². The van der Waals surface area contributed by atoms with Crippen molar-refractivity contribution in [1.29, 1.82) is 0 Å².